The van der Waals surface area contributed by atoms with Crippen LogP contribution in [0.1, 0.15) is 5.56 Å². The lowest BCUT2D eigenvalue weighted by Gasteiger charge is -2.04. The first-order chi connectivity index (χ1) is 6.86. The SMILES string of the molecule is COCOc1cccc(C=CCO)c1. The summed E-state index contributed by atoms with van der Waals surface area (Å²) in [4.78, 5) is 0. The molecule has 0 aliphatic heterocycles. The standard InChI is InChI=1S/C11H14O3/c1-13-9-14-11-6-2-4-10(8-11)5-3-7-12/h2-6,8,12H,7,9H2,1H3. The Hall–Kier alpha value is -1.32. The Bertz CT molecular complexity index is 294. The van der Waals surface area contributed by atoms with Crippen LogP contribution in [-0.2, 0) is 4.74 Å². The van der Waals surface area contributed by atoms with E-state index in [2.05, 4.69) is 0 Å². The van der Waals surface area contributed by atoms with Gasteiger partial charge in [-0.2, -0.15) is 0 Å². The lowest BCUT2D eigenvalue weighted by Crippen LogP contribution is -1.98. The topological polar surface area (TPSA) is 38.7 Å². The van der Waals surface area contributed by atoms with Gasteiger partial charge in [-0.25, -0.2) is 0 Å². The van der Waals surface area contributed by atoms with Crippen LogP contribution in [-0.4, -0.2) is 25.6 Å². The van der Waals surface area contributed by atoms with Crippen molar-refractivity contribution in [1.82, 2.24) is 0 Å². The summed E-state index contributed by atoms with van der Waals surface area (Å²) in [6.07, 6.45) is 3.51. The minimum absolute atomic E-state index is 0.0448. The molecule has 0 saturated heterocycles. The normalized spacial score (nSPS) is 10.7. The van der Waals surface area contributed by atoms with E-state index in [-0.39, 0.29) is 13.4 Å². The van der Waals surface area contributed by atoms with E-state index < -0.39 is 0 Å². The van der Waals surface area contributed by atoms with Crippen LogP contribution in [0.2, 0.25) is 0 Å². The maximum absolute atomic E-state index is 8.60. The number of rotatable bonds is 5. The molecule has 3 heteroatoms. The second-order valence-electron chi connectivity index (χ2n) is 2.71. The van der Waals surface area contributed by atoms with E-state index in [1.165, 1.54) is 0 Å². The van der Waals surface area contributed by atoms with E-state index in [9.17, 15) is 0 Å². The number of benzene rings is 1. The van der Waals surface area contributed by atoms with Crippen LogP contribution >= 0.6 is 0 Å². The molecule has 0 bridgehead atoms. The van der Waals surface area contributed by atoms with Gasteiger partial charge in [-0.05, 0) is 17.7 Å². The van der Waals surface area contributed by atoms with Gasteiger partial charge in [0, 0.05) is 7.11 Å². The molecule has 0 atom stereocenters. The van der Waals surface area contributed by atoms with Crippen LogP contribution in [0.15, 0.2) is 30.3 Å². The summed E-state index contributed by atoms with van der Waals surface area (Å²) in [5.41, 5.74) is 0.993. The Morgan fingerprint density at radius 2 is 2.29 bits per heavy atom. The highest BCUT2D eigenvalue weighted by Crippen LogP contribution is 2.14. The number of ether oxygens (including phenoxy) is 2. The average Bonchev–Trinajstić information content (AvgIpc) is 2.24. The second-order valence-corrected chi connectivity index (χ2v) is 2.71. The van der Waals surface area contributed by atoms with Crippen LogP contribution in [0.3, 0.4) is 0 Å². The van der Waals surface area contributed by atoms with Gasteiger partial charge in [-0.15, -0.1) is 0 Å². The Morgan fingerprint density at radius 3 is 3.00 bits per heavy atom. The van der Waals surface area contributed by atoms with Gasteiger partial charge < -0.3 is 14.6 Å². The predicted molar refractivity (Wildman–Crippen MR) is 55.1 cm³/mol. The third kappa shape index (κ3) is 3.60. The van der Waals surface area contributed by atoms with Gasteiger partial charge >= 0.3 is 0 Å². The van der Waals surface area contributed by atoms with Gasteiger partial charge in [0.1, 0.15) is 5.75 Å². The molecule has 0 amide bonds. The Labute approximate surface area is 83.6 Å². The van der Waals surface area contributed by atoms with Crippen LogP contribution < -0.4 is 4.74 Å². The van der Waals surface area contributed by atoms with Crippen LogP contribution in [0.5, 0.6) is 5.75 Å². The molecule has 1 N–H and O–H groups in total. The zero-order chi connectivity index (χ0) is 10.2. The van der Waals surface area contributed by atoms with E-state index >= 15 is 0 Å². The van der Waals surface area contributed by atoms with Crippen molar-refractivity contribution in [3.63, 3.8) is 0 Å². The molecule has 0 fully saturated rings. The van der Waals surface area contributed by atoms with Crippen molar-refractivity contribution in [2.45, 2.75) is 0 Å². The van der Waals surface area contributed by atoms with Gasteiger partial charge in [0.05, 0.1) is 6.61 Å². The van der Waals surface area contributed by atoms with Crippen molar-refractivity contribution in [1.29, 1.82) is 0 Å². The number of aliphatic hydroxyl groups excluding tert-OH is 1. The minimum Gasteiger partial charge on any atom is -0.468 e. The molecular weight excluding hydrogens is 180 g/mol. The van der Waals surface area contributed by atoms with Crippen molar-refractivity contribution in [3.05, 3.63) is 35.9 Å². The summed E-state index contributed by atoms with van der Waals surface area (Å²) >= 11 is 0. The molecule has 0 aliphatic carbocycles. The maximum atomic E-state index is 8.60. The molecule has 0 saturated carbocycles. The molecule has 0 unspecified atom stereocenters. The highest BCUT2D eigenvalue weighted by atomic mass is 16.7. The van der Waals surface area contributed by atoms with E-state index in [1.807, 2.05) is 30.3 Å². The van der Waals surface area contributed by atoms with Crippen LogP contribution in [0, 0.1) is 0 Å². The van der Waals surface area contributed by atoms with Crippen molar-refractivity contribution in [2.75, 3.05) is 20.5 Å². The summed E-state index contributed by atoms with van der Waals surface area (Å²) in [7, 11) is 1.58. The lowest BCUT2D eigenvalue weighted by molar-refractivity contribution is 0.0511. The average molecular weight is 194 g/mol. The first kappa shape index (κ1) is 10.8. The molecule has 14 heavy (non-hydrogen) atoms. The van der Waals surface area contributed by atoms with Crippen LogP contribution in [0.4, 0.5) is 0 Å². The van der Waals surface area contributed by atoms with Crippen molar-refractivity contribution >= 4 is 6.08 Å². The van der Waals surface area contributed by atoms with E-state index in [1.54, 1.807) is 13.2 Å². The molecule has 1 aromatic carbocycles. The quantitative estimate of drug-likeness (QED) is 0.725. The Balaban J connectivity index is 2.63. The lowest BCUT2D eigenvalue weighted by atomic mass is 10.2. The molecule has 0 aromatic heterocycles. The van der Waals surface area contributed by atoms with Gasteiger partial charge in [0.15, 0.2) is 6.79 Å². The monoisotopic (exact) mass is 194 g/mol. The van der Waals surface area contributed by atoms with Crippen molar-refractivity contribution in [3.8, 4) is 5.75 Å². The Kier molecular flexibility index (Phi) is 4.75. The number of hydrogen-bond acceptors (Lipinski definition) is 3. The number of aliphatic hydroxyl groups is 1. The molecule has 0 heterocycles. The Morgan fingerprint density at radius 1 is 1.43 bits per heavy atom. The summed E-state index contributed by atoms with van der Waals surface area (Å²) in [5.74, 6) is 0.756. The zero-order valence-electron chi connectivity index (χ0n) is 8.14. The smallest absolute Gasteiger partial charge is 0.188 e. The van der Waals surface area contributed by atoms with E-state index in [0.29, 0.717) is 0 Å². The molecule has 0 radical (unpaired) electrons. The molecular formula is C11H14O3. The molecule has 0 spiro atoms. The summed E-state index contributed by atoms with van der Waals surface area (Å²) < 4.78 is 10.0. The van der Waals surface area contributed by atoms with E-state index in [0.717, 1.165) is 11.3 Å². The van der Waals surface area contributed by atoms with Crippen LogP contribution in [0.25, 0.3) is 6.08 Å². The highest BCUT2D eigenvalue weighted by Gasteiger charge is 1.93. The third-order valence-corrected chi connectivity index (χ3v) is 1.62. The third-order valence-electron chi connectivity index (χ3n) is 1.62. The van der Waals surface area contributed by atoms with Gasteiger partial charge in [-0.3, -0.25) is 0 Å². The highest BCUT2D eigenvalue weighted by molar-refractivity contribution is 5.51. The van der Waals surface area contributed by atoms with E-state index in [4.69, 9.17) is 14.6 Å². The van der Waals surface area contributed by atoms with Crippen molar-refractivity contribution in [2.24, 2.45) is 0 Å². The second kappa shape index (κ2) is 6.18. The first-order valence-electron chi connectivity index (χ1n) is 4.36. The molecule has 0 aliphatic rings. The molecule has 1 rings (SSSR count). The fraction of sp³-hybridized carbons (Fsp3) is 0.273. The predicted octanol–water partition coefficient (Wildman–Crippen LogP) is 1.67. The summed E-state index contributed by atoms with van der Waals surface area (Å²) in [6, 6.07) is 7.56. The zero-order valence-corrected chi connectivity index (χ0v) is 8.14. The summed E-state index contributed by atoms with van der Waals surface area (Å²) in [5, 5.41) is 8.60. The molecule has 76 valence electrons. The largest absolute Gasteiger partial charge is 0.468 e. The number of hydrogen-bond donors (Lipinski definition) is 1. The fourth-order valence-electron chi connectivity index (χ4n) is 1.02. The van der Waals surface area contributed by atoms with Gasteiger partial charge in [0.25, 0.3) is 0 Å². The van der Waals surface area contributed by atoms with Gasteiger partial charge in [-0.1, -0.05) is 24.3 Å². The van der Waals surface area contributed by atoms with Gasteiger partial charge in [0.2, 0.25) is 0 Å². The maximum Gasteiger partial charge on any atom is 0.188 e. The molecule has 1 aromatic rings. The molecule has 3 nitrogen and oxygen atoms in total. The van der Waals surface area contributed by atoms with Crippen molar-refractivity contribution < 1.29 is 14.6 Å². The number of methoxy groups -OCH3 is 1. The first-order valence-corrected chi connectivity index (χ1v) is 4.36. The minimum atomic E-state index is 0.0448. The fourth-order valence-corrected chi connectivity index (χ4v) is 1.02. The summed E-state index contributed by atoms with van der Waals surface area (Å²) in [6.45, 7) is 0.288.